The van der Waals surface area contributed by atoms with E-state index in [0.29, 0.717) is 12.0 Å². The summed E-state index contributed by atoms with van der Waals surface area (Å²) < 4.78 is 0. The quantitative estimate of drug-likeness (QED) is 0.746. The van der Waals surface area contributed by atoms with E-state index < -0.39 is 17.8 Å². The van der Waals surface area contributed by atoms with Gasteiger partial charge in [0.1, 0.15) is 5.75 Å². The number of carboxylic acid groups (broad SMARTS) is 1. The molecule has 2 aromatic rings. The fourth-order valence-corrected chi connectivity index (χ4v) is 2.41. The maximum Gasteiger partial charge on any atom is 0.335 e. The number of fused-ring (bicyclic) bond motifs is 1. The standard InChI is InChI=1S/C16H11NO5/c18-13-10(5-6-11-12(13)15(20)17-14(11)19)7-8-1-3-9(4-2-8)16(21)22/h1-6,18H,7H2,(H,21,22)(H,17,19,20). The highest BCUT2D eigenvalue weighted by Crippen LogP contribution is 2.30. The first kappa shape index (κ1) is 13.8. The van der Waals surface area contributed by atoms with Crippen molar-refractivity contribution in [1.82, 2.24) is 5.32 Å². The Morgan fingerprint density at radius 3 is 2.32 bits per heavy atom. The molecule has 0 atom stereocenters. The first-order chi connectivity index (χ1) is 10.5. The van der Waals surface area contributed by atoms with Crippen LogP contribution >= 0.6 is 0 Å². The number of nitrogens with one attached hydrogen (secondary N) is 1. The Morgan fingerprint density at radius 2 is 1.68 bits per heavy atom. The Kier molecular flexibility index (Phi) is 3.14. The average Bonchev–Trinajstić information content (AvgIpc) is 2.77. The number of hydrogen-bond acceptors (Lipinski definition) is 4. The molecule has 22 heavy (non-hydrogen) atoms. The summed E-state index contributed by atoms with van der Waals surface area (Å²) in [6, 6.07) is 9.30. The molecule has 6 heteroatoms. The first-order valence-corrected chi connectivity index (χ1v) is 6.50. The van der Waals surface area contributed by atoms with Crippen molar-refractivity contribution in [2.75, 3.05) is 0 Å². The molecule has 3 rings (SSSR count). The summed E-state index contributed by atoms with van der Waals surface area (Å²) in [5.41, 5.74) is 1.60. The summed E-state index contributed by atoms with van der Waals surface area (Å²) in [6.07, 6.45) is 0.320. The zero-order valence-corrected chi connectivity index (χ0v) is 11.3. The second-order valence-corrected chi connectivity index (χ2v) is 4.96. The number of benzene rings is 2. The van der Waals surface area contributed by atoms with Gasteiger partial charge in [0.15, 0.2) is 0 Å². The van der Waals surface area contributed by atoms with Crippen LogP contribution in [0.15, 0.2) is 36.4 Å². The number of amides is 2. The number of phenolic OH excluding ortho intramolecular Hbond substituents is 1. The number of carbonyl (C=O) groups excluding carboxylic acids is 2. The number of phenols is 1. The minimum Gasteiger partial charge on any atom is -0.507 e. The van der Waals surface area contributed by atoms with Gasteiger partial charge in [0.05, 0.1) is 16.7 Å². The molecule has 0 radical (unpaired) electrons. The van der Waals surface area contributed by atoms with Crippen molar-refractivity contribution in [1.29, 1.82) is 0 Å². The Hall–Kier alpha value is -3.15. The molecule has 2 amide bonds. The molecule has 0 aliphatic carbocycles. The lowest BCUT2D eigenvalue weighted by Gasteiger charge is -2.08. The van der Waals surface area contributed by atoms with E-state index in [9.17, 15) is 19.5 Å². The normalized spacial score (nSPS) is 12.9. The van der Waals surface area contributed by atoms with Gasteiger partial charge in [-0.15, -0.1) is 0 Å². The predicted octanol–water partition coefficient (Wildman–Crippen LogP) is 1.56. The van der Waals surface area contributed by atoms with Gasteiger partial charge in [-0.25, -0.2) is 4.79 Å². The molecule has 0 spiro atoms. The molecular weight excluding hydrogens is 286 g/mol. The summed E-state index contributed by atoms with van der Waals surface area (Å²) in [4.78, 5) is 34.0. The van der Waals surface area contributed by atoms with Crippen molar-refractivity contribution in [3.63, 3.8) is 0 Å². The summed E-state index contributed by atoms with van der Waals surface area (Å²) in [7, 11) is 0. The van der Waals surface area contributed by atoms with Crippen LogP contribution < -0.4 is 5.32 Å². The highest BCUT2D eigenvalue weighted by molar-refractivity contribution is 6.22. The topological polar surface area (TPSA) is 104 Å². The number of aromatic carboxylic acids is 1. The second-order valence-electron chi connectivity index (χ2n) is 4.96. The van der Waals surface area contributed by atoms with E-state index in [2.05, 4.69) is 5.32 Å². The Labute approximate surface area is 125 Å². The molecule has 1 aliphatic heterocycles. The van der Waals surface area contributed by atoms with Gasteiger partial charge >= 0.3 is 5.97 Å². The van der Waals surface area contributed by atoms with E-state index in [1.54, 1.807) is 18.2 Å². The monoisotopic (exact) mass is 297 g/mol. The van der Waals surface area contributed by atoms with Crippen LogP contribution in [-0.4, -0.2) is 28.0 Å². The van der Waals surface area contributed by atoms with Gasteiger partial charge in [0, 0.05) is 6.42 Å². The smallest absolute Gasteiger partial charge is 0.335 e. The molecule has 6 nitrogen and oxygen atoms in total. The van der Waals surface area contributed by atoms with Crippen LogP contribution in [0.4, 0.5) is 0 Å². The third-order valence-electron chi connectivity index (χ3n) is 3.56. The lowest BCUT2D eigenvalue weighted by Crippen LogP contribution is -2.19. The van der Waals surface area contributed by atoms with Gasteiger partial charge in [-0.3, -0.25) is 14.9 Å². The molecule has 2 aromatic carbocycles. The lowest BCUT2D eigenvalue weighted by atomic mass is 9.98. The van der Waals surface area contributed by atoms with Crippen molar-refractivity contribution >= 4 is 17.8 Å². The van der Waals surface area contributed by atoms with Gasteiger partial charge in [-0.2, -0.15) is 0 Å². The van der Waals surface area contributed by atoms with E-state index in [1.165, 1.54) is 18.2 Å². The van der Waals surface area contributed by atoms with Crippen LogP contribution in [0.3, 0.4) is 0 Å². The summed E-state index contributed by atoms with van der Waals surface area (Å²) >= 11 is 0. The van der Waals surface area contributed by atoms with Crippen LogP contribution in [0.2, 0.25) is 0 Å². The van der Waals surface area contributed by atoms with Gasteiger partial charge in [0.25, 0.3) is 11.8 Å². The molecule has 1 heterocycles. The van der Waals surface area contributed by atoms with Crippen LogP contribution in [-0.2, 0) is 6.42 Å². The van der Waals surface area contributed by atoms with Crippen LogP contribution in [0.1, 0.15) is 42.2 Å². The third kappa shape index (κ3) is 2.20. The van der Waals surface area contributed by atoms with Gasteiger partial charge in [-0.1, -0.05) is 18.2 Å². The van der Waals surface area contributed by atoms with Crippen LogP contribution in [0.5, 0.6) is 5.75 Å². The zero-order valence-electron chi connectivity index (χ0n) is 11.3. The molecule has 0 saturated carbocycles. The maximum atomic E-state index is 11.7. The molecule has 0 bridgehead atoms. The van der Waals surface area contributed by atoms with Crippen molar-refractivity contribution in [3.8, 4) is 5.75 Å². The van der Waals surface area contributed by atoms with E-state index in [1.807, 2.05) is 0 Å². The summed E-state index contributed by atoms with van der Waals surface area (Å²) in [6.45, 7) is 0. The van der Waals surface area contributed by atoms with E-state index in [-0.39, 0.29) is 22.4 Å². The highest BCUT2D eigenvalue weighted by Gasteiger charge is 2.30. The molecule has 0 fully saturated rings. The van der Waals surface area contributed by atoms with Gasteiger partial charge in [0.2, 0.25) is 0 Å². The number of hydrogen-bond donors (Lipinski definition) is 3. The van der Waals surface area contributed by atoms with Crippen LogP contribution in [0, 0.1) is 0 Å². The molecule has 1 aliphatic rings. The summed E-state index contributed by atoms with van der Waals surface area (Å²) in [5.74, 6) is -2.36. The third-order valence-corrected chi connectivity index (χ3v) is 3.56. The molecule has 0 saturated heterocycles. The number of aromatic hydroxyl groups is 1. The minimum absolute atomic E-state index is 0.00958. The molecule has 110 valence electrons. The van der Waals surface area contributed by atoms with Gasteiger partial charge in [-0.05, 0) is 29.3 Å². The highest BCUT2D eigenvalue weighted by atomic mass is 16.4. The SMILES string of the molecule is O=C(O)c1ccc(Cc2ccc3c(c2O)C(=O)NC3=O)cc1. The Morgan fingerprint density at radius 1 is 1.00 bits per heavy atom. The van der Waals surface area contributed by atoms with E-state index in [4.69, 9.17) is 5.11 Å². The molecule has 3 N–H and O–H groups in total. The second kappa shape index (κ2) is 5.00. The number of rotatable bonds is 3. The lowest BCUT2D eigenvalue weighted by molar-refractivity contribution is 0.0696. The van der Waals surface area contributed by atoms with Crippen LogP contribution in [0.25, 0.3) is 0 Å². The molecular formula is C16H11NO5. The summed E-state index contributed by atoms with van der Waals surface area (Å²) in [5, 5.41) is 21.2. The number of carboxylic acids is 1. The zero-order chi connectivity index (χ0) is 15.9. The number of imide groups is 1. The predicted molar refractivity (Wildman–Crippen MR) is 76.1 cm³/mol. The minimum atomic E-state index is -1.01. The van der Waals surface area contributed by atoms with Crippen molar-refractivity contribution in [2.45, 2.75) is 6.42 Å². The fourth-order valence-electron chi connectivity index (χ4n) is 2.41. The van der Waals surface area contributed by atoms with Gasteiger partial charge < -0.3 is 10.2 Å². The average molecular weight is 297 g/mol. The van der Waals surface area contributed by atoms with E-state index >= 15 is 0 Å². The van der Waals surface area contributed by atoms with Crippen molar-refractivity contribution in [3.05, 3.63) is 64.2 Å². The van der Waals surface area contributed by atoms with E-state index in [0.717, 1.165) is 5.56 Å². The largest absolute Gasteiger partial charge is 0.507 e. The Bertz CT molecular complexity index is 808. The van der Waals surface area contributed by atoms with Crippen molar-refractivity contribution in [2.24, 2.45) is 0 Å². The molecule has 0 aromatic heterocycles. The fraction of sp³-hybridized carbons (Fsp3) is 0.0625. The van der Waals surface area contributed by atoms with Crippen molar-refractivity contribution < 1.29 is 24.6 Å². The molecule has 0 unspecified atom stereocenters. The first-order valence-electron chi connectivity index (χ1n) is 6.50. The number of carbonyl (C=O) groups is 3. The maximum absolute atomic E-state index is 11.7. The Balaban J connectivity index is 1.94.